The number of likely N-dealkylation sites (tertiary alicyclic amines) is 1. The third kappa shape index (κ3) is 3.15. The number of amides is 1. The van der Waals surface area contributed by atoms with E-state index in [0.717, 1.165) is 36.6 Å². The Hall–Kier alpha value is -1.75. The highest BCUT2D eigenvalue weighted by molar-refractivity contribution is 5.80. The van der Waals surface area contributed by atoms with Crippen LogP contribution >= 0.6 is 0 Å². The molecule has 0 bridgehead atoms. The predicted molar refractivity (Wildman–Crippen MR) is 88.9 cm³/mol. The summed E-state index contributed by atoms with van der Waals surface area (Å²) >= 11 is 0. The lowest BCUT2D eigenvalue weighted by atomic mass is 9.95. The molecule has 2 aliphatic heterocycles. The molecule has 5 nitrogen and oxygen atoms in total. The summed E-state index contributed by atoms with van der Waals surface area (Å²) in [6.07, 6.45) is 0.746. The van der Waals surface area contributed by atoms with Gasteiger partial charge in [-0.05, 0) is 38.1 Å². The molecule has 0 aliphatic carbocycles. The van der Waals surface area contributed by atoms with Crippen LogP contribution in [-0.4, -0.2) is 62.7 Å². The summed E-state index contributed by atoms with van der Waals surface area (Å²) in [5.41, 5.74) is 1.09. The van der Waals surface area contributed by atoms with Gasteiger partial charge in [0.25, 0.3) is 0 Å². The van der Waals surface area contributed by atoms with Crippen molar-refractivity contribution >= 4 is 5.91 Å². The fourth-order valence-corrected chi connectivity index (χ4v) is 3.70. The van der Waals surface area contributed by atoms with Crippen molar-refractivity contribution in [3.63, 3.8) is 0 Å². The molecule has 5 heteroatoms. The van der Waals surface area contributed by atoms with Gasteiger partial charge in [0.2, 0.25) is 5.91 Å². The third-order valence-corrected chi connectivity index (χ3v) is 5.08. The van der Waals surface area contributed by atoms with Crippen LogP contribution in [0.4, 0.5) is 0 Å². The van der Waals surface area contributed by atoms with Crippen molar-refractivity contribution in [2.45, 2.75) is 19.4 Å². The number of hydrogen-bond donors (Lipinski definition) is 0. The van der Waals surface area contributed by atoms with Crippen molar-refractivity contribution in [1.29, 1.82) is 0 Å². The molecule has 0 radical (unpaired) electrons. The first-order valence-corrected chi connectivity index (χ1v) is 8.24. The lowest BCUT2D eigenvalue weighted by Gasteiger charge is -2.28. The molecule has 2 aliphatic rings. The van der Waals surface area contributed by atoms with Crippen molar-refractivity contribution < 1.29 is 14.3 Å². The molecule has 0 spiro atoms. The Morgan fingerprint density at radius 1 is 1.35 bits per heavy atom. The summed E-state index contributed by atoms with van der Waals surface area (Å²) in [5, 5.41) is 0. The van der Waals surface area contributed by atoms with Gasteiger partial charge in [0.15, 0.2) is 0 Å². The van der Waals surface area contributed by atoms with Crippen LogP contribution in [0, 0.1) is 11.8 Å². The van der Waals surface area contributed by atoms with Gasteiger partial charge in [0, 0.05) is 25.2 Å². The molecule has 23 heavy (non-hydrogen) atoms. The number of benzene rings is 1. The third-order valence-electron chi connectivity index (χ3n) is 5.08. The number of carbonyl (C=O) groups is 1. The van der Waals surface area contributed by atoms with Crippen molar-refractivity contribution in [1.82, 2.24) is 9.80 Å². The van der Waals surface area contributed by atoms with E-state index in [9.17, 15) is 4.79 Å². The van der Waals surface area contributed by atoms with Gasteiger partial charge in [-0.25, -0.2) is 0 Å². The van der Waals surface area contributed by atoms with E-state index in [1.807, 2.05) is 23.1 Å². The second-order valence-corrected chi connectivity index (χ2v) is 6.94. The Kier molecular flexibility index (Phi) is 4.48. The van der Waals surface area contributed by atoms with Crippen molar-refractivity contribution in [2.75, 3.05) is 40.9 Å². The number of ether oxygens (including phenoxy) is 2. The molecule has 1 amide bonds. The second kappa shape index (κ2) is 6.40. The predicted octanol–water partition coefficient (Wildman–Crippen LogP) is 1.65. The lowest BCUT2D eigenvalue weighted by molar-refractivity contribution is -0.136. The number of hydrogen-bond acceptors (Lipinski definition) is 4. The molecule has 126 valence electrons. The van der Waals surface area contributed by atoms with Crippen LogP contribution in [0.5, 0.6) is 11.5 Å². The zero-order chi connectivity index (χ0) is 16.6. The maximum absolute atomic E-state index is 12.8. The minimum atomic E-state index is -0.0796. The minimum Gasteiger partial charge on any atom is -0.497 e. The lowest BCUT2D eigenvalue weighted by Crippen LogP contribution is -2.41. The summed E-state index contributed by atoms with van der Waals surface area (Å²) < 4.78 is 11.0. The normalized spacial score (nSPS) is 26.8. The Bertz CT molecular complexity index is 588. The van der Waals surface area contributed by atoms with Crippen molar-refractivity contribution in [3.05, 3.63) is 23.8 Å². The van der Waals surface area contributed by atoms with Crippen LogP contribution in [0.25, 0.3) is 0 Å². The van der Waals surface area contributed by atoms with Crippen LogP contribution in [0.1, 0.15) is 12.5 Å². The van der Waals surface area contributed by atoms with Gasteiger partial charge in [-0.1, -0.05) is 13.0 Å². The van der Waals surface area contributed by atoms with Crippen molar-refractivity contribution in [2.24, 2.45) is 11.8 Å². The van der Waals surface area contributed by atoms with Gasteiger partial charge in [-0.2, -0.15) is 0 Å². The molecule has 1 aromatic carbocycles. The highest BCUT2D eigenvalue weighted by atomic mass is 16.5. The number of likely N-dealkylation sites (N-methyl/N-ethyl adjacent to an activating group) is 1. The second-order valence-electron chi connectivity index (χ2n) is 6.94. The molecule has 3 rings (SSSR count). The van der Waals surface area contributed by atoms with Gasteiger partial charge in [0.05, 0.1) is 13.0 Å². The molecular formula is C18H26N2O3. The highest BCUT2D eigenvalue weighted by Gasteiger charge is 2.37. The van der Waals surface area contributed by atoms with E-state index in [1.54, 1.807) is 7.11 Å². The number of carbonyl (C=O) groups excluding carboxylic acids is 1. The van der Waals surface area contributed by atoms with Gasteiger partial charge in [-0.3, -0.25) is 4.79 Å². The Balaban J connectivity index is 1.68. The van der Waals surface area contributed by atoms with Crippen LogP contribution in [-0.2, 0) is 11.2 Å². The summed E-state index contributed by atoms with van der Waals surface area (Å²) in [5.74, 6) is 2.28. The molecule has 3 atom stereocenters. The Morgan fingerprint density at radius 3 is 2.78 bits per heavy atom. The molecule has 1 saturated heterocycles. The number of rotatable bonds is 3. The molecule has 0 saturated carbocycles. The largest absolute Gasteiger partial charge is 0.497 e. The maximum Gasteiger partial charge on any atom is 0.229 e. The number of methoxy groups -OCH3 is 1. The zero-order valence-corrected chi connectivity index (χ0v) is 14.4. The van der Waals surface area contributed by atoms with Crippen LogP contribution in [0.3, 0.4) is 0 Å². The van der Waals surface area contributed by atoms with E-state index in [1.165, 1.54) is 0 Å². The zero-order valence-electron chi connectivity index (χ0n) is 14.4. The van der Waals surface area contributed by atoms with Crippen molar-refractivity contribution in [3.8, 4) is 11.5 Å². The van der Waals surface area contributed by atoms with E-state index in [2.05, 4.69) is 25.9 Å². The highest BCUT2D eigenvalue weighted by Crippen LogP contribution is 2.32. The summed E-state index contributed by atoms with van der Waals surface area (Å²) in [7, 11) is 5.82. The fraction of sp³-hybridized carbons (Fsp3) is 0.611. The fourth-order valence-electron chi connectivity index (χ4n) is 3.70. The summed E-state index contributed by atoms with van der Waals surface area (Å²) in [6, 6.07) is 6.27. The summed E-state index contributed by atoms with van der Waals surface area (Å²) in [4.78, 5) is 17.1. The van der Waals surface area contributed by atoms with Crippen LogP contribution in [0.2, 0.25) is 0 Å². The van der Waals surface area contributed by atoms with E-state index in [-0.39, 0.29) is 11.8 Å². The van der Waals surface area contributed by atoms with Gasteiger partial charge in [-0.15, -0.1) is 0 Å². The smallest absolute Gasteiger partial charge is 0.229 e. The number of fused-ring (bicyclic) bond motifs is 1. The quantitative estimate of drug-likeness (QED) is 0.850. The molecule has 1 aromatic rings. The van der Waals surface area contributed by atoms with E-state index >= 15 is 0 Å². The van der Waals surface area contributed by atoms with Gasteiger partial charge < -0.3 is 19.3 Å². The molecular weight excluding hydrogens is 292 g/mol. The Labute approximate surface area is 138 Å². The first-order chi connectivity index (χ1) is 11.0. The topological polar surface area (TPSA) is 42.0 Å². The molecule has 1 fully saturated rings. The molecule has 0 unspecified atom stereocenters. The first kappa shape index (κ1) is 16.1. The average molecular weight is 318 g/mol. The average Bonchev–Trinajstić information content (AvgIpc) is 2.95. The van der Waals surface area contributed by atoms with Gasteiger partial charge >= 0.3 is 0 Å². The minimum absolute atomic E-state index is 0.0796. The number of nitrogens with zero attached hydrogens (tertiary/aromatic N) is 2. The molecule has 0 N–H and O–H groups in total. The monoisotopic (exact) mass is 318 g/mol. The molecule has 2 heterocycles. The maximum atomic E-state index is 12.8. The standard InChI is InChI=1S/C18H26N2O3/c1-12-9-20(10-16(12)19(2)3)18(21)14-7-13-5-6-15(22-4)8-17(13)23-11-14/h5-6,8,12,14,16H,7,9-11H2,1-4H3/t12-,14+,16-/m0/s1. The van der Waals surface area contributed by atoms with Gasteiger partial charge in [0.1, 0.15) is 18.1 Å². The van der Waals surface area contributed by atoms with E-state index in [0.29, 0.717) is 18.6 Å². The van der Waals surface area contributed by atoms with E-state index in [4.69, 9.17) is 9.47 Å². The Morgan fingerprint density at radius 2 is 2.13 bits per heavy atom. The van der Waals surface area contributed by atoms with Crippen LogP contribution < -0.4 is 9.47 Å². The SMILES string of the molecule is COc1ccc2c(c1)OC[C@H](C(=O)N1C[C@H](C)[C@@H](N(C)C)C1)C2. The van der Waals surface area contributed by atoms with E-state index < -0.39 is 0 Å². The van der Waals surface area contributed by atoms with Crippen LogP contribution in [0.15, 0.2) is 18.2 Å². The summed E-state index contributed by atoms with van der Waals surface area (Å²) in [6.45, 7) is 4.33. The molecule has 0 aromatic heterocycles. The first-order valence-electron chi connectivity index (χ1n) is 8.24.